The van der Waals surface area contributed by atoms with Gasteiger partial charge < -0.3 is 9.97 Å². The van der Waals surface area contributed by atoms with Crippen molar-refractivity contribution in [2.24, 2.45) is 0 Å². The molecule has 3 aromatic rings. The Labute approximate surface area is 159 Å². The van der Waals surface area contributed by atoms with Crippen molar-refractivity contribution in [2.45, 2.75) is 6.92 Å². The Morgan fingerprint density at radius 1 is 0.893 bits per heavy atom. The Balaban J connectivity index is 1.92. The van der Waals surface area contributed by atoms with E-state index in [1.54, 1.807) is 12.1 Å². The molecule has 2 N–H and O–H groups in total. The molecule has 3 aromatic heterocycles. The maximum absolute atomic E-state index is 11.8. The van der Waals surface area contributed by atoms with E-state index in [0.29, 0.717) is 16.9 Å². The summed E-state index contributed by atoms with van der Waals surface area (Å²) in [5, 5.41) is 11.8. The van der Waals surface area contributed by atoms with E-state index >= 15 is 0 Å². The molecule has 28 heavy (non-hydrogen) atoms. The summed E-state index contributed by atoms with van der Waals surface area (Å²) < 4.78 is 0. The minimum atomic E-state index is -0.398. The van der Waals surface area contributed by atoms with E-state index in [-0.39, 0.29) is 5.69 Å². The molecule has 8 bridgehead atoms. The SMILES string of the molecule is CC1=Cc2nc1cc1nc(cc3ccc(cc4ccc([nH]4)c2[N+](=O)[O-])[nH]3)C=C1. The minimum Gasteiger partial charge on any atom is -0.355 e. The summed E-state index contributed by atoms with van der Waals surface area (Å²) in [4.78, 5) is 26.9. The molecule has 2 aliphatic rings. The van der Waals surface area contributed by atoms with Gasteiger partial charge in [-0.2, -0.15) is 0 Å². The molecular formula is C21H15N5O2. The Kier molecular flexibility index (Phi) is 3.48. The van der Waals surface area contributed by atoms with Crippen LogP contribution < -0.4 is 0 Å². The second-order valence-electron chi connectivity index (χ2n) is 6.74. The molecule has 7 nitrogen and oxygen atoms in total. The molecule has 2 aliphatic heterocycles. The zero-order chi connectivity index (χ0) is 19.3. The lowest BCUT2D eigenvalue weighted by molar-refractivity contribution is -0.383. The van der Waals surface area contributed by atoms with Crippen LogP contribution in [0, 0.1) is 10.1 Å². The van der Waals surface area contributed by atoms with Crippen molar-refractivity contribution in [1.29, 1.82) is 0 Å². The molecule has 136 valence electrons. The standard InChI is InChI=1S/C21H15N5O2/c1-12-8-20-21(26(27)28)18-7-6-16(24-18)10-15-3-2-13(22-15)9-14-4-5-17(23-14)11-19(12)25-20/h2-11,22,24H,1H3. The predicted molar refractivity (Wildman–Crippen MR) is 110 cm³/mol. The normalized spacial score (nSPS) is 12.8. The Bertz CT molecular complexity index is 1360. The minimum absolute atomic E-state index is 0.0499. The molecular weight excluding hydrogens is 354 g/mol. The summed E-state index contributed by atoms with van der Waals surface area (Å²) in [5.74, 6) is 0. The summed E-state index contributed by atoms with van der Waals surface area (Å²) in [5.41, 5.74) is 6.39. The third kappa shape index (κ3) is 2.79. The lowest BCUT2D eigenvalue weighted by Gasteiger charge is -1.92. The molecule has 0 saturated heterocycles. The number of H-pyrrole nitrogens is 2. The number of allylic oxidation sites excluding steroid dienone is 1. The van der Waals surface area contributed by atoms with Crippen LogP contribution in [0.4, 0.5) is 5.69 Å². The first kappa shape index (κ1) is 16.2. The fraction of sp³-hybridized carbons (Fsp3) is 0.0476. The highest BCUT2D eigenvalue weighted by atomic mass is 16.6. The van der Waals surface area contributed by atoms with Crippen LogP contribution in [-0.2, 0) is 0 Å². The summed E-state index contributed by atoms with van der Waals surface area (Å²) in [6, 6.07) is 13.1. The van der Waals surface area contributed by atoms with Crippen molar-refractivity contribution >= 4 is 51.6 Å². The molecule has 0 aliphatic carbocycles. The van der Waals surface area contributed by atoms with E-state index in [1.165, 1.54) is 0 Å². The van der Waals surface area contributed by atoms with Gasteiger partial charge in [0.1, 0.15) is 11.2 Å². The van der Waals surface area contributed by atoms with Crippen molar-refractivity contribution < 1.29 is 4.92 Å². The number of nitrogens with one attached hydrogen (secondary N) is 2. The van der Waals surface area contributed by atoms with Crippen LogP contribution in [0.5, 0.6) is 0 Å². The first-order chi connectivity index (χ1) is 13.5. The van der Waals surface area contributed by atoms with Gasteiger partial charge in [0.25, 0.3) is 0 Å². The summed E-state index contributed by atoms with van der Waals surface area (Å²) >= 11 is 0. The third-order valence-corrected chi connectivity index (χ3v) is 4.70. The maximum atomic E-state index is 11.8. The van der Waals surface area contributed by atoms with Gasteiger partial charge in [0.15, 0.2) is 0 Å². The fourth-order valence-corrected chi connectivity index (χ4v) is 3.38. The number of nitrogens with zero attached hydrogens (tertiary/aromatic N) is 3. The van der Waals surface area contributed by atoms with Gasteiger partial charge in [-0.1, -0.05) is 0 Å². The number of nitro groups is 1. The molecule has 0 fully saturated rings. The molecule has 7 heteroatoms. The molecule has 5 rings (SSSR count). The van der Waals surface area contributed by atoms with Crippen LogP contribution in [-0.4, -0.2) is 24.9 Å². The maximum Gasteiger partial charge on any atom is 0.318 e. The fourth-order valence-electron chi connectivity index (χ4n) is 3.38. The molecule has 0 atom stereocenters. The average molecular weight is 369 g/mol. The van der Waals surface area contributed by atoms with Crippen LogP contribution in [0.15, 0.2) is 42.5 Å². The molecule has 0 amide bonds. The van der Waals surface area contributed by atoms with Crippen molar-refractivity contribution in [1.82, 2.24) is 19.9 Å². The molecule has 5 heterocycles. The average Bonchev–Trinajstić information content (AvgIpc) is 3.41. The quantitative estimate of drug-likeness (QED) is 0.366. The zero-order valence-electron chi connectivity index (χ0n) is 14.9. The molecule has 0 spiro atoms. The summed E-state index contributed by atoms with van der Waals surface area (Å²) in [7, 11) is 0. The lowest BCUT2D eigenvalue weighted by Crippen LogP contribution is -1.92. The molecule has 0 unspecified atom stereocenters. The van der Waals surface area contributed by atoms with E-state index in [4.69, 9.17) is 0 Å². The van der Waals surface area contributed by atoms with Crippen molar-refractivity contribution in [3.8, 4) is 0 Å². The smallest absolute Gasteiger partial charge is 0.318 e. The van der Waals surface area contributed by atoms with Gasteiger partial charge in [0.2, 0.25) is 0 Å². The highest BCUT2D eigenvalue weighted by molar-refractivity contribution is 5.88. The van der Waals surface area contributed by atoms with Crippen LogP contribution in [0.1, 0.15) is 29.7 Å². The number of rotatable bonds is 1. The van der Waals surface area contributed by atoms with Crippen LogP contribution >= 0.6 is 0 Å². The van der Waals surface area contributed by atoms with Crippen molar-refractivity contribution in [3.05, 3.63) is 75.4 Å². The largest absolute Gasteiger partial charge is 0.355 e. The van der Waals surface area contributed by atoms with E-state index in [1.807, 2.05) is 55.5 Å². The lowest BCUT2D eigenvalue weighted by atomic mass is 10.2. The van der Waals surface area contributed by atoms with Gasteiger partial charge in [-0.25, -0.2) is 9.97 Å². The second kappa shape index (κ2) is 6.02. The second-order valence-corrected chi connectivity index (χ2v) is 6.74. The van der Waals surface area contributed by atoms with Crippen molar-refractivity contribution in [2.75, 3.05) is 0 Å². The molecule has 0 aromatic carbocycles. The molecule has 0 saturated carbocycles. The summed E-state index contributed by atoms with van der Waals surface area (Å²) in [6.45, 7) is 1.89. The number of aromatic nitrogens is 4. The van der Waals surface area contributed by atoms with Gasteiger partial charge >= 0.3 is 5.69 Å². The highest BCUT2D eigenvalue weighted by Crippen LogP contribution is 2.30. The Hall–Kier alpha value is -4.00. The van der Waals surface area contributed by atoms with Crippen LogP contribution in [0.2, 0.25) is 0 Å². The third-order valence-electron chi connectivity index (χ3n) is 4.70. The topological polar surface area (TPSA) is 100 Å². The van der Waals surface area contributed by atoms with Gasteiger partial charge in [-0.15, -0.1) is 0 Å². The zero-order valence-corrected chi connectivity index (χ0v) is 14.9. The molecule has 0 radical (unpaired) electrons. The van der Waals surface area contributed by atoms with Gasteiger partial charge in [0, 0.05) is 16.6 Å². The summed E-state index contributed by atoms with van der Waals surface area (Å²) in [6.07, 6.45) is 5.57. The van der Waals surface area contributed by atoms with Crippen LogP contribution in [0.3, 0.4) is 0 Å². The Morgan fingerprint density at radius 3 is 2.36 bits per heavy atom. The number of hydrogen-bond donors (Lipinski definition) is 2. The van der Waals surface area contributed by atoms with Gasteiger partial charge in [-0.05, 0) is 73.2 Å². The van der Waals surface area contributed by atoms with E-state index in [9.17, 15) is 10.1 Å². The predicted octanol–water partition coefficient (Wildman–Crippen LogP) is 4.95. The monoisotopic (exact) mass is 369 g/mol. The van der Waals surface area contributed by atoms with Crippen LogP contribution in [0.25, 0.3) is 45.9 Å². The van der Waals surface area contributed by atoms with Gasteiger partial charge in [-0.3, -0.25) is 10.1 Å². The first-order valence-corrected chi connectivity index (χ1v) is 8.77. The van der Waals surface area contributed by atoms with Crippen molar-refractivity contribution in [3.63, 3.8) is 0 Å². The number of hydrogen-bond acceptors (Lipinski definition) is 4. The van der Waals surface area contributed by atoms with E-state index in [2.05, 4.69) is 19.9 Å². The number of fused-ring (bicyclic) bond motifs is 8. The first-order valence-electron chi connectivity index (χ1n) is 8.77. The highest BCUT2D eigenvalue weighted by Gasteiger charge is 2.20. The van der Waals surface area contributed by atoms with Gasteiger partial charge in [0.05, 0.1) is 22.0 Å². The Morgan fingerprint density at radius 2 is 1.57 bits per heavy atom. The van der Waals surface area contributed by atoms with E-state index in [0.717, 1.165) is 33.5 Å². The van der Waals surface area contributed by atoms with E-state index < -0.39 is 4.92 Å². The number of aromatic amines is 2.